The van der Waals surface area contributed by atoms with Crippen molar-refractivity contribution in [3.63, 3.8) is 0 Å². The van der Waals surface area contributed by atoms with Gasteiger partial charge in [-0.05, 0) is 44.4 Å². The van der Waals surface area contributed by atoms with E-state index < -0.39 is 11.4 Å². The number of piperidine rings is 1. The summed E-state index contributed by atoms with van der Waals surface area (Å²) in [6, 6.07) is 0. The lowest BCUT2D eigenvalue weighted by Crippen LogP contribution is -2.47. The lowest BCUT2D eigenvalue weighted by molar-refractivity contribution is -0.130. The van der Waals surface area contributed by atoms with Gasteiger partial charge in [0.05, 0.1) is 17.7 Å². The second-order valence-corrected chi connectivity index (χ2v) is 5.97. The zero-order valence-corrected chi connectivity index (χ0v) is 12.9. The average Bonchev–Trinajstić information content (AvgIpc) is 2.81. The summed E-state index contributed by atoms with van der Waals surface area (Å²) in [6.45, 7) is 3.42. The van der Waals surface area contributed by atoms with Crippen LogP contribution in [0.4, 0.5) is 5.00 Å². The van der Waals surface area contributed by atoms with Crippen LogP contribution in [0.2, 0.25) is 0 Å². The van der Waals surface area contributed by atoms with Crippen molar-refractivity contribution < 1.29 is 19.4 Å². The molecule has 116 valence electrons. The third-order valence-electron chi connectivity index (χ3n) is 3.77. The van der Waals surface area contributed by atoms with Crippen LogP contribution in [0.1, 0.15) is 28.9 Å². The Morgan fingerprint density at radius 3 is 2.71 bits per heavy atom. The summed E-state index contributed by atoms with van der Waals surface area (Å²) in [5, 5.41) is 15.4. The van der Waals surface area contributed by atoms with Crippen LogP contribution in [0.15, 0.2) is 0 Å². The smallest absolute Gasteiger partial charge is 0.340 e. The summed E-state index contributed by atoms with van der Waals surface area (Å²) in [7, 11) is 1.57. The van der Waals surface area contributed by atoms with Gasteiger partial charge in [-0.25, -0.2) is 4.79 Å². The highest BCUT2D eigenvalue weighted by Crippen LogP contribution is 2.33. The molecule has 1 aromatic heterocycles. The van der Waals surface area contributed by atoms with Gasteiger partial charge in [0.25, 0.3) is 0 Å². The van der Waals surface area contributed by atoms with Crippen LogP contribution in [0.3, 0.4) is 0 Å². The lowest BCUT2D eigenvalue weighted by Gasteiger charge is -2.35. The van der Waals surface area contributed by atoms with E-state index in [1.807, 2.05) is 0 Å². The molecule has 0 bridgehead atoms. The molecule has 8 heteroatoms. The van der Waals surface area contributed by atoms with Crippen molar-refractivity contribution >= 4 is 28.4 Å². The van der Waals surface area contributed by atoms with Gasteiger partial charge in [0.1, 0.15) is 10.6 Å². The molecule has 1 fully saturated rings. The Kier molecular flexibility index (Phi) is 4.92. The zero-order valence-electron chi connectivity index (χ0n) is 12.1. The Morgan fingerprint density at radius 1 is 1.48 bits per heavy atom. The number of nitrogens with one attached hydrogen (secondary N) is 2. The SMILES string of the molecule is COCC1(C(=O)Nc2snc(C)c2C(=O)O)CCNCC1. The Hall–Kier alpha value is -1.51. The predicted octanol–water partition coefficient (Wildman–Crippen LogP) is 1.10. The number of methoxy groups -OCH3 is 1. The van der Waals surface area contributed by atoms with Gasteiger partial charge < -0.3 is 20.5 Å². The molecule has 2 rings (SSSR count). The maximum Gasteiger partial charge on any atom is 0.340 e. The number of carboxylic acids is 1. The summed E-state index contributed by atoms with van der Waals surface area (Å²) >= 11 is 0.994. The molecule has 7 nitrogen and oxygen atoms in total. The topological polar surface area (TPSA) is 101 Å². The Labute approximate surface area is 126 Å². The molecule has 0 atom stereocenters. The van der Waals surface area contributed by atoms with E-state index in [1.165, 1.54) is 0 Å². The number of carboxylic acid groups (broad SMARTS) is 1. The lowest BCUT2D eigenvalue weighted by atomic mass is 9.78. The van der Waals surface area contributed by atoms with E-state index in [0.29, 0.717) is 30.1 Å². The minimum atomic E-state index is -1.08. The Balaban J connectivity index is 2.21. The highest BCUT2D eigenvalue weighted by Gasteiger charge is 2.40. The summed E-state index contributed by atoms with van der Waals surface area (Å²) < 4.78 is 9.22. The minimum Gasteiger partial charge on any atom is -0.478 e. The van der Waals surface area contributed by atoms with Gasteiger partial charge in [0, 0.05) is 7.11 Å². The van der Waals surface area contributed by atoms with E-state index >= 15 is 0 Å². The van der Waals surface area contributed by atoms with Crippen molar-refractivity contribution in [3.05, 3.63) is 11.3 Å². The van der Waals surface area contributed by atoms with Crippen molar-refractivity contribution in [1.29, 1.82) is 0 Å². The average molecular weight is 313 g/mol. The van der Waals surface area contributed by atoms with E-state index in [0.717, 1.165) is 24.6 Å². The highest BCUT2D eigenvalue weighted by molar-refractivity contribution is 7.11. The summed E-state index contributed by atoms with van der Waals surface area (Å²) in [4.78, 5) is 23.9. The maximum absolute atomic E-state index is 12.6. The van der Waals surface area contributed by atoms with Crippen LogP contribution in [0.25, 0.3) is 0 Å². The van der Waals surface area contributed by atoms with Gasteiger partial charge in [-0.15, -0.1) is 0 Å². The van der Waals surface area contributed by atoms with Gasteiger partial charge in [-0.1, -0.05) is 0 Å². The van der Waals surface area contributed by atoms with E-state index in [2.05, 4.69) is 15.0 Å². The van der Waals surface area contributed by atoms with Crippen LogP contribution < -0.4 is 10.6 Å². The molecule has 0 saturated carbocycles. The quantitative estimate of drug-likeness (QED) is 0.753. The Bertz CT molecular complexity index is 532. The van der Waals surface area contributed by atoms with Crippen LogP contribution in [0.5, 0.6) is 0 Å². The van der Waals surface area contributed by atoms with Crippen LogP contribution in [0, 0.1) is 12.3 Å². The summed E-state index contributed by atoms with van der Waals surface area (Å²) in [6.07, 6.45) is 1.32. The fourth-order valence-corrected chi connectivity index (χ4v) is 3.35. The van der Waals surface area contributed by atoms with Crippen molar-refractivity contribution in [2.24, 2.45) is 5.41 Å². The van der Waals surface area contributed by atoms with E-state index in [4.69, 9.17) is 4.74 Å². The molecule has 0 radical (unpaired) electrons. The number of carbonyl (C=O) groups is 2. The number of carbonyl (C=O) groups excluding carboxylic acids is 1. The molecule has 0 spiro atoms. The predicted molar refractivity (Wildman–Crippen MR) is 78.9 cm³/mol. The number of hydrogen-bond donors (Lipinski definition) is 3. The molecule has 21 heavy (non-hydrogen) atoms. The van der Waals surface area contributed by atoms with Crippen molar-refractivity contribution in [2.75, 3.05) is 32.1 Å². The third kappa shape index (κ3) is 3.22. The first kappa shape index (κ1) is 15.9. The maximum atomic E-state index is 12.6. The molecule has 1 amide bonds. The normalized spacial score (nSPS) is 17.4. The number of anilines is 1. The molecule has 0 aromatic carbocycles. The number of aryl methyl sites for hydroxylation is 1. The summed E-state index contributed by atoms with van der Waals surface area (Å²) in [5.74, 6) is -1.28. The molecule has 3 N–H and O–H groups in total. The molecule has 1 aliphatic rings. The molecular weight excluding hydrogens is 294 g/mol. The molecule has 1 aromatic rings. The Morgan fingerprint density at radius 2 is 2.14 bits per heavy atom. The van der Waals surface area contributed by atoms with E-state index in [1.54, 1.807) is 14.0 Å². The molecule has 0 aliphatic carbocycles. The number of aromatic carboxylic acids is 1. The molecule has 0 unspecified atom stereocenters. The van der Waals surface area contributed by atoms with Gasteiger partial charge in [-0.2, -0.15) is 4.37 Å². The standard InChI is InChI=1S/C13H19N3O4S/c1-8-9(11(17)18)10(21-16-8)15-12(19)13(7-20-2)3-5-14-6-4-13/h14H,3-7H2,1-2H3,(H,15,19)(H,17,18). The number of ether oxygens (including phenoxy) is 1. The first-order valence-corrected chi connectivity index (χ1v) is 7.48. The molecule has 1 aliphatic heterocycles. The first-order chi connectivity index (χ1) is 10.00. The number of rotatable bonds is 5. The zero-order chi connectivity index (χ0) is 15.5. The van der Waals surface area contributed by atoms with Crippen LogP contribution in [-0.2, 0) is 9.53 Å². The van der Waals surface area contributed by atoms with Crippen molar-refractivity contribution in [1.82, 2.24) is 9.69 Å². The largest absolute Gasteiger partial charge is 0.478 e. The fourth-order valence-electron chi connectivity index (χ4n) is 2.56. The van der Waals surface area contributed by atoms with Gasteiger partial charge >= 0.3 is 5.97 Å². The van der Waals surface area contributed by atoms with Crippen molar-refractivity contribution in [3.8, 4) is 0 Å². The number of aromatic nitrogens is 1. The van der Waals surface area contributed by atoms with E-state index in [9.17, 15) is 14.7 Å². The number of amides is 1. The first-order valence-electron chi connectivity index (χ1n) is 6.71. The summed E-state index contributed by atoms with van der Waals surface area (Å²) in [5.41, 5.74) is -0.142. The number of hydrogen-bond acceptors (Lipinski definition) is 6. The second-order valence-electron chi connectivity index (χ2n) is 5.19. The highest BCUT2D eigenvalue weighted by atomic mass is 32.1. The fraction of sp³-hybridized carbons (Fsp3) is 0.615. The van der Waals surface area contributed by atoms with Gasteiger partial charge in [0.15, 0.2) is 0 Å². The number of nitrogens with zero attached hydrogens (tertiary/aromatic N) is 1. The monoisotopic (exact) mass is 313 g/mol. The second kappa shape index (κ2) is 6.50. The van der Waals surface area contributed by atoms with Gasteiger partial charge in [0.2, 0.25) is 5.91 Å². The van der Waals surface area contributed by atoms with E-state index in [-0.39, 0.29) is 11.5 Å². The molecule has 1 saturated heterocycles. The van der Waals surface area contributed by atoms with Gasteiger partial charge in [-0.3, -0.25) is 4.79 Å². The molecular formula is C13H19N3O4S. The molecule has 2 heterocycles. The van der Waals surface area contributed by atoms with Crippen molar-refractivity contribution in [2.45, 2.75) is 19.8 Å². The minimum absolute atomic E-state index is 0.0647. The van der Waals surface area contributed by atoms with Crippen LogP contribution >= 0.6 is 11.5 Å². The third-order valence-corrected chi connectivity index (χ3v) is 4.62. The van der Waals surface area contributed by atoms with Crippen LogP contribution in [-0.4, -0.2) is 48.2 Å².